The number of aromatic nitrogens is 2. The Kier molecular flexibility index (Phi) is 4.32. The Morgan fingerprint density at radius 2 is 1.83 bits per heavy atom. The highest BCUT2D eigenvalue weighted by Gasteiger charge is 2.27. The van der Waals surface area contributed by atoms with E-state index in [1.165, 1.54) is 11.8 Å². The molecule has 0 saturated carbocycles. The zero-order valence-electron chi connectivity index (χ0n) is 12.5. The summed E-state index contributed by atoms with van der Waals surface area (Å²) in [6.07, 6.45) is -0.401. The van der Waals surface area contributed by atoms with Gasteiger partial charge in [0.1, 0.15) is 6.61 Å². The molecule has 0 spiro atoms. The molecule has 2 aromatic carbocycles. The van der Waals surface area contributed by atoms with E-state index in [4.69, 9.17) is 25.5 Å². The smallest absolute Gasteiger partial charge is 0.277 e. The van der Waals surface area contributed by atoms with Crippen LogP contribution in [-0.2, 0) is 5.75 Å². The molecule has 0 saturated heterocycles. The lowest BCUT2D eigenvalue weighted by Gasteiger charge is -2.23. The number of halogens is 1. The molecule has 0 radical (unpaired) electrons. The Morgan fingerprint density at radius 3 is 2.71 bits per heavy atom. The van der Waals surface area contributed by atoms with Gasteiger partial charge in [-0.25, -0.2) is 0 Å². The fourth-order valence-corrected chi connectivity index (χ4v) is 3.36. The standard InChI is InChI=1S/C17H13ClN2O3S/c18-12-6-2-1-5-11(12)10-24-17-20-19-16(23-17)15-9-21-13-7-3-4-8-14(13)22-15/h1-8,15H,9-10H2. The molecule has 0 amide bonds. The highest BCUT2D eigenvalue weighted by molar-refractivity contribution is 7.98. The molecule has 24 heavy (non-hydrogen) atoms. The molecule has 0 N–H and O–H groups in total. The van der Waals surface area contributed by atoms with Gasteiger partial charge in [-0.3, -0.25) is 0 Å². The number of benzene rings is 2. The van der Waals surface area contributed by atoms with E-state index < -0.39 is 6.10 Å². The van der Waals surface area contributed by atoms with Gasteiger partial charge in [0.05, 0.1) is 0 Å². The summed E-state index contributed by atoms with van der Waals surface area (Å²) < 4.78 is 17.2. The first-order valence-electron chi connectivity index (χ1n) is 7.38. The van der Waals surface area contributed by atoms with Crippen molar-refractivity contribution >= 4 is 23.4 Å². The third-order valence-corrected chi connectivity index (χ3v) is 4.75. The Hall–Kier alpha value is -2.18. The second-order valence-electron chi connectivity index (χ2n) is 5.15. The van der Waals surface area contributed by atoms with Crippen LogP contribution in [0.5, 0.6) is 11.5 Å². The molecule has 1 atom stereocenters. The van der Waals surface area contributed by atoms with Gasteiger partial charge in [-0.05, 0) is 23.8 Å². The Balaban J connectivity index is 1.43. The summed E-state index contributed by atoms with van der Waals surface area (Å²) in [7, 11) is 0. The molecule has 1 aliphatic heterocycles. The molecule has 0 bridgehead atoms. The van der Waals surface area contributed by atoms with Crippen LogP contribution >= 0.6 is 23.4 Å². The third-order valence-electron chi connectivity index (χ3n) is 3.52. The lowest BCUT2D eigenvalue weighted by molar-refractivity contribution is 0.0686. The van der Waals surface area contributed by atoms with Crippen molar-refractivity contribution in [3.05, 3.63) is 65.0 Å². The first-order chi connectivity index (χ1) is 11.8. The third kappa shape index (κ3) is 3.20. The Morgan fingerprint density at radius 1 is 1.04 bits per heavy atom. The van der Waals surface area contributed by atoms with E-state index in [9.17, 15) is 0 Å². The lowest BCUT2D eigenvalue weighted by atomic mass is 10.2. The second kappa shape index (κ2) is 6.75. The molecular formula is C17H13ClN2O3S. The summed E-state index contributed by atoms with van der Waals surface area (Å²) >= 11 is 7.59. The van der Waals surface area contributed by atoms with Crippen LogP contribution in [-0.4, -0.2) is 16.8 Å². The van der Waals surface area contributed by atoms with E-state index >= 15 is 0 Å². The zero-order valence-corrected chi connectivity index (χ0v) is 14.1. The van der Waals surface area contributed by atoms with Crippen molar-refractivity contribution < 1.29 is 13.9 Å². The highest BCUT2D eigenvalue weighted by atomic mass is 35.5. The summed E-state index contributed by atoms with van der Waals surface area (Å²) in [4.78, 5) is 0. The highest BCUT2D eigenvalue weighted by Crippen LogP contribution is 2.36. The molecule has 0 aliphatic carbocycles. The maximum Gasteiger partial charge on any atom is 0.277 e. The molecule has 1 aliphatic rings. The number of ether oxygens (including phenoxy) is 2. The van der Waals surface area contributed by atoms with Crippen LogP contribution < -0.4 is 9.47 Å². The van der Waals surface area contributed by atoms with Crippen molar-refractivity contribution in [1.29, 1.82) is 0 Å². The van der Waals surface area contributed by atoms with E-state index in [2.05, 4.69) is 10.2 Å². The van der Waals surface area contributed by atoms with Gasteiger partial charge in [0.25, 0.3) is 11.1 Å². The topological polar surface area (TPSA) is 57.4 Å². The molecule has 4 rings (SSSR count). The normalized spacial score (nSPS) is 16.1. The maximum absolute atomic E-state index is 6.15. The second-order valence-corrected chi connectivity index (χ2v) is 6.48. The Bertz CT molecular complexity index is 855. The van der Waals surface area contributed by atoms with Crippen LogP contribution in [0.2, 0.25) is 5.02 Å². The minimum absolute atomic E-state index is 0.341. The molecule has 1 unspecified atom stereocenters. The molecular weight excluding hydrogens is 348 g/mol. The first kappa shape index (κ1) is 15.4. The van der Waals surface area contributed by atoms with Gasteiger partial charge >= 0.3 is 0 Å². The van der Waals surface area contributed by atoms with Crippen LogP contribution in [0.3, 0.4) is 0 Å². The number of rotatable bonds is 4. The van der Waals surface area contributed by atoms with Gasteiger partial charge in [0.2, 0.25) is 6.10 Å². The number of hydrogen-bond acceptors (Lipinski definition) is 6. The van der Waals surface area contributed by atoms with Gasteiger partial charge < -0.3 is 13.9 Å². The molecule has 1 aromatic heterocycles. The number of fused-ring (bicyclic) bond motifs is 1. The minimum Gasteiger partial charge on any atom is -0.485 e. The SMILES string of the molecule is Clc1ccccc1CSc1nnc(C2COc3ccccc3O2)o1. The largest absolute Gasteiger partial charge is 0.485 e. The van der Waals surface area contributed by atoms with Crippen molar-refractivity contribution in [2.75, 3.05) is 6.61 Å². The molecule has 122 valence electrons. The van der Waals surface area contributed by atoms with Gasteiger partial charge in [0, 0.05) is 10.8 Å². The maximum atomic E-state index is 6.15. The van der Waals surface area contributed by atoms with Crippen molar-refractivity contribution in [2.24, 2.45) is 0 Å². The van der Waals surface area contributed by atoms with Crippen LogP contribution in [0, 0.1) is 0 Å². The van der Waals surface area contributed by atoms with Gasteiger partial charge in [-0.1, -0.05) is 53.7 Å². The fourth-order valence-electron chi connectivity index (χ4n) is 2.30. The van der Waals surface area contributed by atoms with Gasteiger partial charge in [-0.2, -0.15) is 0 Å². The fraction of sp³-hybridized carbons (Fsp3) is 0.176. The minimum atomic E-state index is -0.401. The van der Waals surface area contributed by atoms with E-state index in [-0.39, 0.29) is 0 Å². The first-order valence-corrected chi connectivity index (χ1v) is 8.74. The number of hydrogen-bond donors (Lipinski definition) is 0. The van der Waals surface area contributed by atoms with Crippen molar-refractivity contribution in [2.45, 2.75) is 17.1 Å². The number of nitrogens with zero attached hydrogens (tertiary/aromatic N) is 2. The quantitative estimate of drug-likeness (QED) is 0.637. The van der Waals surface area contributed by atoms with E-state index in [0.29, 0.717) is 29.2 Å². The summed E-state index contributed by atoms with van der Waals surface area (Å²) in [5.74, 6) is 2.47. The van der Waals surface area contributed by atoms with Crippen LogP contribution in [0.25, 0.3) is 0 Å². The van der Waals surface area contributed by atoms with Crippen molar-refractivity contribution in [3.63, 3.8) is 0 Å². The van der Waals surface area contributed by atoms with Crippen molar-refractivity contribution in [1.82, 2.24) is 10.2 Å². The average Bonchev–Trinajstić information content (AvgIpc) is 3.10. The summed E-state index contributed by atoms with van der Waals surface area (Å²) in [6.45, 7) is 0.341. The van der Waals surface area contributed by atoms with Gasteiger partial charge in [0.15, 0.2) is 11.5 Å². The van der Waals surface area contributed by atoms with E-state index in [1.807, 2.05) is 48.5 Å². The van der Waals surface area contributed by atoms with E-state index in [0.717, 1.165) is 16.3 Å². The summed E-state index contributed by atoms with van der Waals surface area (Å²) in [5.41, 5.74) is 1.02. The average molecular weight is 361 g/mol. The van der Waals surface area contributed by atoms with E-state index in [1.54, 1.807) is 0 Å². The summed E-state index contributed by atoms with van der Waals surface area (Å²) in [5, 5.41) is 9.34. The molecule has 3 aromatic rings. The molecule has 7 heteroatoms. The molecule has 0 fully saturated rings. The van der Waals surface area contributed by atoms with Crippen molar-refractivity contribution in [3.8, 4) is 11.5 Å². The van der Waals surface area contributed by atoms with Crippen LogP contribution in [0.1, 0.15) is 17.6 Å². The van der Waals surface area contributed by atoms with Crippen LogP contribution in [0.4, 0.5) is 0 Å². The number of para-hydroxylation sites is 2. The van der Waals surface area contributed by atoms with Crippen LogP contribution in [0.15, 0.2) is 58.2 Å². The lowest BCUT2D eigenvalue weighted by Crippen LogP contribution is -2.21. The predicted octanol–water partition coefficient (Wildman–Crippen LogP) is 4.53. The zero-order chi connectivity index (χ0) is 16.4. The Labute approximate surface area is 147 Å². The van der Waals surface area contributed by atoms with Gasteiger partial charge in [-0.15, -0.1) is 10.2 Å². The number of thioether (sulfide) groups is 1. The predicted molar refractivity (Wildman–Crippen MR) is 90.6 cm³/mol. The molecule has 5 nitrogen and oxygen atoms in total. The summed E-state index contributed by atoms with van der Waals surface area (Å²) in [6, 6.07) is 15.2. The monoisotopic (exact) mass is 360 g/mol. The molecule has 2 heterocycles.